The summed E-state index contributed by atoms with van der Waals surface area (Å²) in [6.45, 7) is 8.66. The number of benzene rings is 1. The molecule has 1 amide bonds. The molecule has 4 atom stereocenters. The number of carbonyl (C=O) groups is 4. The molecule has 0 spiro atoms. The first kappa shape index (κ1) is 33.4. The number of esters is 3. The first-order chi connectivity index (χ1) is 20.8. The molecule has 0 radical (unpaired) electrons. The van der Waals surface area contributed by atoms with Crippen LogP contribution in [0.5, 0.6) is 0 Å². The molecule has 0 bridgehead atoms. The number of anilines is 1. The zero-order valence-electron chi connectivity index (χ0n) is 26.0. The van der Waals surface area contributed by atoms with Gasteiger partial charge in [0.1, 0.15) is 6.10 Å². The average Bonchev–Trinajstić information content (AvgIpc) is 3.41. The highest BCUT2D eigenvalue weighted by Crippen LogP contribution is 2.45. The highest BCUT2D eigenvalue weighted by atomic mass is 16.8. The molecular formula is C31H40N2O11. The van der Waals surface area contributed by atoms with Gasteiger partial charge in [-0.05, 0) is 52.4 Å². The fourth-order valence-electron chi connectivity index (χ4n) is 5.55. The van der Waals surface area contributed by atoms with E-state index >= 15 is 0 Å². The smallest absolute Gasteiger partial charge is 0.350 e. The molecule has 1 aromatic carbocycles. The number of likely N-dealkylation sites (N-methyl/N-ethyl adjacent to an activating group) is 1. The fourth-order valence-corrected chi connectivity index (χ4v) is 5.55. The molecule has 3 aliphatic heterocycles. The highest BCUT2D eigenvalue weighted by molar-refractivity contribution is 6.04. The summed E-state index contributed by atoms with van der Waals surface area (Å²) in [5.74, 6) is -1.30. The zero-order chi connectivity index (χ0) is 32.3. The molecule has 13 nitrogen and oxygen atoms in total. The predicted molar refractivity (Wildman–Crippen MR) is 154 cm³/mol. The van der Waals surface area contributed by atoms with Crippen molar-refractivity contribution in [2.45, 2.75) is 76.5 Å². The lowest BCUT2D eigenvalue weighted by Crippen LogP contribution is -2.57. The van der Waals surface area contributed by atoms with Crippen LogP contribution in [0.15, 0.2) is 24.3 Å². The van der Waals surface area contributed by atoms with E-state index in [0.717, 1.165) is 6.54 Å². The van der Waals surface area contributed by atoms with E-state index in [-0.39, 0.29) is 25.5 Å². The number of rotatable bonds is 11. The Balaban J connectivity index is 1.65. The topological polar surface area (TPSA) is 139 Å². The molecule has 3 heterocycles. The van der Waals surface area contributed by atoms with Crippen LogP contribution in [0.1, 0.15) is 40.2 Å². The number of ether oxygens (including phenoxy) is 7. The third-order valence-electron chi connectivity index (χ3n) is 7.60. The summed E-state index contributed by atoms with van der Waals surface area (Å²) in [6, 6.07) is 6.87. The number of piperazine rings is 1. The van der Waals surface area contributed by atoms with Crippen molar-refractivity contribution >= 4 is 29.5 Å². The van der Waals surface area contributed by atoms with E-state index < -0.39 is 60.0 Å². The number of terminal acetylenes is 1. The monoisotopic (exact) mass is 616 g/mol. The van der Waals surface area contributed by atoms with Crippen molar-refractivity contribution in [3.05, 3.63) is 29.8 Å². The Morgan fingerprint density at radius 1 is 1.07 bits per heavy atom. The van der Waals surface area contributed by atoms with E-state index in [1.807, 2.05) is 11.9 Å². The number of hydrogen-bond donors (Lipinski definition) is 0. The van der Waals surface area contributed by atoms with Crippen LogP contribution >= 0.6 is 0 Å². The second kappa shape index (κ2) is 13.2. The van der Waals surface area contributed by atoms with Crippen LogP contribution in [-0.4, -0.2) is 111 Å². The van der Waals surface area contributed by atoms with Crippen LogP contribution in [0, 0.1) is 12.3 Å². The van der Waals surface area contributed by atoms with Crippen LogP contribution in [-0.2, 0) is 58.8 Å². The lowest BCUT2D eigenvalue weighted by Gasteiger charge is -2.35. The lowest BCUT2D eigenvalue weighted by molar-refractivity contribution is -0.239. The maximum absolute atomic E-state index is 13.5. The minimum absolute atomic E-state index is 0.0373. The summed E-state index contributed by atoms with van der Waals surface area (Å²) in [7, 11) is 1.88. The predicted octanol–water partition coefficient (Wildman–Crippen LogP) is 1.20. The highest BCUT2D eigenvalue weighted by Gasteiger charge is 2.66. The molecular weight excluding hydrogens is 576 g/mol. The molecule has 4 rings (SSSR count). The maximum atomic E-state index is 13.5. The minimum Gasteiger partial charge on any atom is -0.463 e. The molecule has 240 valence electrons. The van der Waals surface area contributed by atoms with Gasteiger partial charge in [-0.2, -0.15) is 0 Å². The fraction of sp³-hybridized carbons (Fsp3) is 0.613. The lowest BCUT2D eigenvalue weighted by atomic mass is 9.91. The molecule has 3 fully saturated rings. The van der Waals surface area contributed by atoms with Crippen molar-refractivity contribution in [3.63, 3.8) is 0 Å². The Morgan fingerprint density at radius 2 is 1.70 bits per heavy atom. The Labute approximate surface area is 256 Å². The first-order valence-electron chi connectivity index (χ1n) is 14.6. The largest absolute Gasteiger partial charge is 0.463 e. The molecule has 44 heavy (non-hydrogen) atoms. The van der Waals surface area contributed by atoms with Crippen LogP contribution in [0.25, 0.3) is 0 Å². The number of fused-ring (bicyclic) bond motifs is 1. The van der Waals surface area contributed by atoms with Crippen molar-refractivity contribution in [2.24, 2.45) is 0 Å². The van der Waals surface area contributed by atoms with Gasteiger partial charge in [0, 0.05) is 32.1 Å². The molecule has 0 saturated carbocycles. The van der Waals surface area contributed by atoms with Gasteiger partial charge in [0.25, 0.3) is 5.60 Å². The minimum atomic E-state index is -2.28. The summed E-state index contributed by atoms with van der Waals surface area (Å²) in [5, 5.41) is 0. The Morgan fingerprint density at radius 3 is 2.25 bits per heavy atom. The van der Waals surface area contributed by atoms with Gasteiger partial charge >= 0.3 is 17.9 Å². The van der Waals surface area contributed by atoms with Gasteiger partial charge in [-0.25, -0.2) is 9.59 Å². The van der Waals surface area contributed by atoms with Crippen molar-refractivity contribution in [1.29, 1.82) is 0 Å². The second-order valence-corrected chi connectivity index (χ2v) is 11.3. The van der Waals surface area contributed by atoms with Gasteiger partial charge in [0.15, 0.2) is 18.2 Å². The van der Waals surface area contributed by atoms with Crippen molar-refractivity contribution in [2.75, 3.05) is 51.4 Å². The third kappa shape index (κ3) is 6.60. The summed E-state index contributed by atoms with van der Waals surface area (Å²) < 4.78 is 40.1. The number of nitrogens with zero attached hydrogens (tertiary/aromatic N) is 2. The summed E-state index contributed by atoms with van der Waals surface area (Å²) >= 11 is 0. The molecule has 13 heteroatoms. The Kier molecular flexibility index (Phi) is 10.0. The molecule has 0 unspecified atom stereocenters. The van der Waals surface area contributed by atoms with Gasteiger partial charge in [-0.15, -0.1) is 6.42 Å². The number of hydrogen-bond acceptors (Lipinski definition) is 12. The normalized spacial score (nSPS) is 26.5. The van der Waals surface area contributed by atoms with Crippen molar-refractivity contribution in [3.8, 4) is 12.3 Å². The quantitative estimate of drug-likeness (QED) is 0.153. The van der Waals surface area contributed by atoms with Crippen LogP contribution in [0.3, 0.4) is 0 Å². The van der Waals surface area contributed by atoms with E-state index in [2.05, 4.69) is 5.92 Å². The van der Waals surface area contributed by atoms with E-state index in [9.17, 15) is 19.2 Å². The zero-order valence-corrected chi connectivity index (χ0v) is 26.0. The van der Waals surface area contributed by atoms with Crippen LogP contribution in [0.2, 0.25) is 0 Å². The average molecular weight is 617 g/mol. The molecule has 3 aliphatic rings. The third-order valence-corrected chi connectivity index (χ3v) is 7.60. The maximum Gasteiger partial charge on any atom is 0.350 e. The van der Waals surface area contributed by atoms with Gasteiger partial charge in [0.05, 0.1) is 26.4 Å². The van der Waals surface area contributed by atoms with Crippen LogP contribution < -0.4 is 4.90 Å². The van der Waals surface area contributed by atoms with E-state index in [0.29, 0.717) is 24.3 Å². The van der Waals surface area contributed by atoms with Gasteiger partial charge in [0.2, 0.25) is 11.5 Å². The molecule has 0 aliphatic carbocycles. The molecule has 1 aromatic rings. The van der Waals surface area contributed by atoms with Gasteiger partial charge in [-0.1, -0.05) is 18.1 Å². The van der Waals surface area contributed by atoms with Crippen LogP contribution in [0.4, 0.5) is 5.69 Å². The van der Waals surface area contributed by atoms with E-state index in [1.165, 1.54) is 6.92 Å². The summed E-state index contributed by atoms with van der Waals surface area (Å²) in [4.78, 5) is 55.5. The standard InChI is InChI=1S/C31H40N2O11/c1-8-30(42-20(4)34)23(41-26-25(30)43-29(5,6)44-26)19-40-31(27(36)38-9-2,28(37)39-10-3)17-21-11-13-22(14-12-21)33-16-15-32(7)18-24(33)35/h1,11-14,23,25-26H,9-10,15-19H2,2-7H3/t23-,25+,26-,30-/m1/s1. The molecule has 0 aromatic heterocycles. The number of carbonyl (C=O) groups excluding carboxylic acids is 4. The second-order valence-electron chi connectivity index (χ2n) is 11.3. The van der Waals surface area contributed by atoms with Gasteiger partial charge in [-0.3, -0.25) is 14.5 Å². The summed E-state index contributed by atoms with van der Waals surface area (Å²) in [5.41, 5.74) is -2.87. The SMILES string of the molecule is C#C[C@@]1(OC(C)=O)[C@@H](COC(Cc2ccc(N3CCN(C)CC3=O)cc2)(C(=O)OCC)C(=O)OCC)O[C@@H]2OC(C)(C)O[C@@H]21. The van der Waals surface area contributed by atoms with Crippen molar-refractivity contribution < 1.29 is 52.3 Å². The molecule has 0 N–H and O–H groups in total. The van der Waals surface area contributed by atoms with Crippen molar-refractivity contribution in [1.82, 2.24) is 4.90 Å². The first-order valence-corrected chi connectivity index (χ1v) is 14.6. The Hall–Kier alpha value is -3.54. The van der Waals surface area contributed by atoms with Gasteiger partial charge < -0.3 is 38.1 Å². The van der Waals surface area contributed by atoms with E-state index in [4.69, 9.17) is 39.6 Å². The van der Waals surface area contributed by atoms with E-state index in [1.54, 1.807) is 56.9 Å². The summed E-state index contributed by atoms with van der Waals surface area (Å²) in [6.07, 6.45) is 2.41. The molecule has 3 saturated heterocycles. The Bertz CT molecular complexity index is 1270. The number of amides is 1.